The van der Waals surface area contributed by atoms with Gasteiger partial charge in [-0.25, -0.2) is 9.97 Å². The number of nitrogens with two attached hydrogens (primary N) is 1. The number of nitrogens with zero attached hydrogens (tertiary/aromatic N) is 3. The van der Waals surface area contributed by atoms with Gasteiger partial charge in [0.15, 0.2) is 5.16 Å². The molecule has 0 saturated carbocycles. The highest BCUT2D eigenvalue weighted by molar-refractivity contribution is 7.98. The fourth-order valence-corrected chi connectivity index (χ4v) is 2.34. The number of rotatable bonds is 6. The van der Waals surface area contributed by atoms with Crippen molar-refractivity contribution in [3.63, 3.8) is 0 Å². The van der Waals surface area contributed by atoms with Gasteiger partial charge in [-0.05, 0) is 12.3 Å². The van der Waals surface area contributed by atoms with Crippen LogP contribution < -0.4 is 11.1 Å². The standard InChI is InChI=1S/C13H14ClN5O2S/c1-22-13-17-7-8(12(5-15)18-13)6-16-11-4-9(19(20)21)2-3-10(11)14/h2-4,7,16H,5-6,15H2,1H3. The van der Waals surface area contributed by atoms with Crippen molar-refractivity contribution in [2.75, 3.05) is 11.6 Å². The van der Waals surface area contributed by atoms with Gasteiger partial charge in [-0.2, -0.15) is 0 Å². The summed E-state index contributed by atoms with van der Waals surface area (Å²) in [6.45, 7) is 0.665. The number of non-ortho nitro benzene ring substituents is 1. The molecule has 1 heterocycles. The molecule has 0 unspecified atom stereocenters. The zero-order valence-electron chi connectivity index (χ0n) is 11.7. The Morgan fingerprint density at radius 1 is 1.50 bits per heavy atom. The van der Waals surface area contributed by atoms with Crippen LogP contribution in [0.15, 0.2) is 29.6 Å². The molecule has 0 radical (unpaired) electrons. The van der Waals surface area contributed by atoms with Crippen LogP contribution in [0.1, 0.15) is 11.3 Å². The van der Waals surface area contributed by atoms with Gasteiger partial charge in [-0.15, -0.1) is 0 Å². The highest BCUT2D eigenvalue weighted by atomic mass is 35.5. The van der Waals surface area contributed by atoms with Crippen LogP contribution in [0, 0.1) is 10.1 Å². The van der Waals surface area contributed by atoms with Crippen LogP contribution in [0.2, 0.25) is 5.02 Å². The smallest absolute Gasteiger partial charge is 0.271 e. The molecule has 2 rings (SSSR count). The first-order chi connectivity index (χ1) is 10.5. The van der Waals surface area contributed by atoms with E-state index in [2.05, 4.69) is 15.3 Å². The fraction of sp³-hybridized carbons (Fsp3) is 0.231. The second-order valence-electron chi connectivity index (χ2n) is 4.31. The zero-order valence-corrected chi connectivity index (χ0v) is 13.3. The van der Waals surface area contributed by atoms with Crippen molar-refractivity contribution < 1.29 is 4.92 Å². The maximum atomic E-state index is 10.8. The van der Waals surface area contributed by atoms with Crippen molar-refractivity contribution in [2.45, 2.75) is 18.2 Å². The minimum absolute atomic E-state index is 0.0278. The van der Waals surface area contributed by atoms with Crippen LogP contribution in [0.25, 0.3) is 0 Å². The molecule has 9 heteroatoms. The van der Waals surface area contributed by atoms with E-state index in [0.717, 1.165) is 11.3 Å². The Balaban J connectivity index is 2.19. The number of benzene rings is 1. The van der Waals surface area contributed by atoms with Gasteiger partial charge in [0, 0.05) is 37.0 Å². The Bertz CT molecular complexity index is 698. The average Bonchev–Trinajstić information content (AvgIpc) is 2.53. The molecule has 0 atom stereocenters. The summed E-state index contributed by atoms with van der Waals surface area (Å²) in [7, 11) is 0. The average molecular weight is 340 g/mol. The van der Waals surface area contributed by atoms with Crippen LogP contribution in [0.3, 0.4) is 0 Å². The third-order valence-electron chi connectivity index (χ3n) is 2.94. The molecule has 22 heavy (non-hydrogen) atoms. The highest BCUT2D eigenvalue weighted by Gasteiger charge is 2.11. The van der Waals surface area contributed by atoms with Gasteiger partial charge >= 0.3 is 0 Å². The van der Waals surface area contributed by atoms with E-state index < -0.39 is 4.92 Å². The number of anilines is 1. The van der Waals surface area contributed by atoms with Crippen molar-refractivity contribution in [1.82, 2.24) is 9.97 Å². The lowest BCUT2D eigenvalue weighted by atomic mass is 10.2. The van der Waals surface area contributed by atoms with Crippen LogP contribution in [0.4, 0.5) is 11.4 Å². The quantitative estimate of drug-likeness (QED) is 0.360. The van der Waals surface area contributed by atoms with Crippen molar-refractivity contribution in [2.24, 2.45) is 5.73 Å². The molecule has 3 N–H and O–H groups in total. The predicted molar refractivity (Wildman–Crippen MR) is 87.1 cm³/mol. The zero-order chi connectivity index (χ0) is 16.1. The molecule has 0 aliphatic rings. The monoisotopic (exact) mass is 339 g/mol. The second kappa shape index (κ2) is 7.39. The topological polar surface area (TPSA) is 107 Å². The van der Waals surface area contributed by atoms with Gasteiger partial charge in [0.2, 0.25) is 0 Å². The van der Waals surface area contributed by atoms with Gasteiger partial charge in [-0.3, -0.25) is 10.1 Å². The molecule has 0 saturated heterocycles. The van der Waals surface area contributed by atoms with E-state index in [1.807, 2.05) is 6.26 Å². The summed E-state index contributed by atoms with van der Waals surface area (Å²) in [5.74, 6) is 0. The first kappa shape index (κ1) is 16.5. The van der Waals surface area contributed by atoms with E-state index in [-0.39, 0.29) is 12.2 Å². The maximum Gasteiger partial charge on any atom is 0.271 e. The van der Waals surface area contributed by atoms with E-state index in [4.69, 9.17) is 17.3 Å². The predicted octanol–water partition coefficient (Wildman–Crippen LogP) is 2.83. The van der Waals surface area contributed by atoms with Crippen molar-refractivity contribution in [1.29, 1.82) is 0 Å². The number of nitro benzene ring substituents is 1. The van der Waals surface area contributed by atoms with E-state index >= 15 is 0 Å². The van der Waals surface area contributed by atoms with Crippen molar-refractivity contribution >= 4 is 34.7 Å². The van der Waals surface area contributed by atoms with Gasteiger partial charge in [0.1, 0.15) is 0 Å². The van der Waals surface area contributed by atoms with Gasteiger partial charge in [0.25, 0.3) is 5.69 Å². The Hall–Kier alpha value is -1.90. The molecule has 1 aromatic carbocycles. The summed E-state index contributed by atoms with van der Waals surface area (Å²) >= 11 is 7.48. The van der Waals surface area contributed by atoms with Crippen LogP contribution in [-0.4, -0.2) is 21.1 Å². The van der Waals surface area contributed by atoms with Gasteiger partial charge < -0.3 is 11.1 Å². The minimum Gasteiger partial charge on any atom is -0.379 e. The number of aromatic nitrogens is 2. The van der Waals surface area contributed by atoms with Gasteiger partial charge in [0.05, 0.1) is 21.3 Å². The lowest BCUT2D eigenvalue weighted by Gasteiger charge is -2.11. The third-order valence-corrected chi connectivity index (χ3v) is 3.83. The summed E-state index contributed by atoms with van der Waals surface area (Å²) in [5, 5.41) is 14.9. The molecule has 0 spiro atoms. The van der Waals surface area contributed by atoms with E-state index in [0.29, 0.717) is 22.4 Å². The number of nitrogens with one attached hydrogen (secondary N) is 1. The molecular formula is C13H14ClN5O2S. The first-order valence-corrected chi connectivity index (χ1v) is 7.92. The Morgan fingerprint density at radius 2 is 2.27 bits per heavy atom. The molecule has 0 fully saturated rings. The van der Waals surface area contributed by atoms with Crippen LogP contribution >= 0.6 is 23.4 Å². The molecule has 0 bridgehead atoms. The highest BCUT2D eigenvalue weighted by Crippen LogP contribution is 2.27. The molecule has 2 aromatic rings. The number of hydrogen-bond acceptors (Lipinski definition) is 7. The minimum atomic E-state index is -0.469. The molecular weight excluding hydrogens is 326 g/mol. The molecule has 0 amide bonds. The Kier molecular flexibility index (Phi) is 5.53. The van der Waals surface area contributed by atoms with Gasteiger partial charge in [-0.1, -0.05) is 23.4 Å². The fourth-order valence-electron chi connectivity index (χ4n) is 1.80. The largest absolute Gasteiger partial charge is 0.379 e. The summed E-state index contributed by atoms with van der Waals surface area (Å²) in [5.41, 5.74) is 7.70. The molecule has 116 valence electrons. The normalized spacial score (nSPS) is 10.5. The number of halogens is 1. The summed E-state index contributed by atoms with van der Waals surface area (Å²) in [6, 6.07) is 4.23. The third kappa shape index (κ3) is 3.85. The Labute approximate surface area is 136 Å². The maximum absolute atomic E-state index is 10.8. The molecule has 0 aliphatic carbocycles. The first-order valence-electron chi connectivity index (χ1n) is 6.31. The lowest BCUT2D eigenvalue weighted by Crippen LogP contribution is -2.10. The number of nitro groups is 1. The summed E-state index contributed by atoms with van der Waals surface area (Å²) in [6.07, 6.45) is 3.58. The van der Waals surface area contributed by atoms with Crippen LogP contribution in [0.5, 0.6) is 0 Å². The van der Waals surface area contributed by atoms with E-state index in [9.17, 15) is 10.1 Å². The van der Waals surface area contributed by atoms with E-state index in [1.165, 1.54) is 30.0 Å². The number of hydrogen-bond donors (Lipinski definition) is 2. The summed E-state index contributed by atoms with van der Waals surface area (Å²) < 4.78 is 0. The second-order valence-corrected chi connectivity index (χ2v) is 5.49. The van der Waals surface area contributed by atoms with E-state index in [1.54, 1.807) is 6.20 Å². The van der Waals surface area contributed by atoms with Crippen molar-refractivity contribution in [3.8, 4) is 0 Å². The SMILES string of the molecule is CSc1ncc(CNc2cc([N+](=O)[O-])ccc2Cl)c(CN)n1. The summed E-state index contributed by atoms with van der Waals surface area (Å²) in [4.78, 5) is 18.9. The molecule has 1 aromatic heterocycles. The lowest BCUT2D eigenvalue weighted by molar-refractivity contribution is -0.384. The number of thioether (sulfide) groups is 1. The molecule has 7 nitrogen and oxygen atoms in total. The van der Waals surface area contributed by atoms with Crippen molar-refractivity contribution in [3.05, 3.63) is 50.8 Å². The molecule has 0 aliphatic heterocycles. The Morgan fingerprint density at radius 3 is 2.91 bits per heavy atom. The van der Waals surface area contributed by atoms with Crippen LogP contribution in [-0.2, 0) is 13.1 Å².